The fourth-order valence-electron chi connectivity index (χ4n) is 9.33. The summed E-state index contributed by atoms with van der Waals surface area (Å²) >= 11 is 0. The summed E-state index contributed by atoms with van der Waals surface area (Å²) < 4.78 is 46.9. The van der Waals surface area contributed by atoms with Gasteiger partial charge in [0.05, 0.1) is 45.0 Å². The van der Waals surface area contributed by atoms with E-state index in [-0.39, 0.29) is 27.8 Å². The number of carbonyl (C=O) groups excluding carboxylic acids is 4. The Morgan fingerprint density at radius 3 is 1.15 bits per heavy atom. The summed E-state index contributed by atoms with van der Waals surface area (Å²) in [5, 5.41) is 48.1. The van der Waals surface area contributed by atoms with E-state index in [1.165, 1.54) is 43.4 Å². The summed E-state index contributed by atoms with van der Waals surface area (Å²) in [7, 11) is 1.41. The van der Waals surface area contributed by atoms with Gasteiger partial charge in [-0.1, -0.05) is 18.2 Å². The van der Waals surface area contributed by atoms with Gasteiger partial charge in [0.25, 0.3) is 23.6 Å². The molecule has 4 amide bonds. The van der Waals surface area contributed by atoms with Crippen LogP contribution in [0.25, 0.3) is 0 Å². The van der Waals surface area contributed by atoms with Crippen LogP contribution in [0.2, 0.25) is 0 Å². The summed E-state index contributed by atoms with van der Waals surface area (Å²) in [5.41, 5.74) is 4.39. The van der Waals surface area contributed by atoms with Crippen LogP contribution in [0.3, 0.4) is 0 Å². The summed E-state index contributed by atoms with van der Waals surface area (Å²) in [4.78, 5) is 78.1. The molecule has 410 valence electrons. The number of carboxylic acids is 2. The van der Waals surface area contributed by atoms with Crippen LogP contribution >= 0.6 is 0 Å². The fraction of sp³-hybridized carbons (Fsp3) is 0.213. The third kappa shape index (κ3) is 12.2. The van der Waals surface area contributed by atoms with Crippen molar-refractivity contribution in [2.45, 2.75) is 80.8 Å². The quantitative estimate of drug-likeness (QED) is 0.0538. The molecule has 16 nitrogen and oxygen atoms in total. The second-order valence-corrected chi connectivity index (χ2v) is 19.7. The van der Waals surface area contributed by atoms with Crippen LogP contribution in [0.15, 0.2) is 130 Å². The Hall–Kier alpha value is -9.65. The van der Waals surface area contributed by atoms with Gasteiger partial charge in [0.2, 0.25) is 0 Å². The smallest absolute Gasteiger partial charge is 0.402 e. The van der Waals surface area contributed by atoms with E-state index in [2.05, 4.69) is 41.7 Å². The number of carbonyl (C=O) groups is 6. The van der Waals surface area contributed by atoms with Gasteiger partial charge in [-0.25, -0.2) is 9.59 Å². The fourth-order valence-corrected chi connectivity index (χ4v) is 9.33. The molecule has 0 aliphatic rings. The number of nitrogens with one attached hydrogen (secondary N) is 4. The van der Waals surface area contributed by atoms with Crippen molar-refractivity contribution in [3.63, 3.8) is 0 Å². The standard InChI is InChI=1S/C61H57F3N8O8/c1-30-19-43(20-31(2)38(30)9)69-70-45-25-36(7)53(37(8)26-45)68-57(76)50-29-42(16-18-48(50)59(79)80)60(10,61(62,63)64)41-14-12-13-39(27-41)55(74)66-51-32(3)21-44(22-33(51)4)71-72-46-23-34(5)52(35(6)24-46)67-56(75)49-28-40(54(73)65-11)15-17-47(49)58(77)78/h12-29H,1-11H3,(H,65,73)(H,66,74)(H,67,75)(H,68,76)(H,77,78)(H,79,80). The van der Waals surface area contributed by atoms with Gasteiger partial charge >= 0.3 is 18.1 Å². The summed E-state index contributed by atoms with van der Waals surface area (Å²) in [6.45, 7) is 17.1. The molecule has 1 unspecified atom stereocenters. The van der Waals surface area contributed by atoms with Gasteiger partial charge < -0.3 is 31.5 Å². The first-order valence-corrected chi connectivity index (χ1v) is 24.9. The minimum absolute atomic E-state index is 0.102. The van der Waals surface area contributed by atoms with E-state index in [0.717, 1.165) is 47.9 Å². The molecule has 0 heterocycles. The van der Waals surface area contributed by atoms with E-state index in [0.29, 0.717) is 73.2 Å². The highest BCUT2D eigenvalue weighted by molar-refractivity contribution is 6.13. The molecule has 0 fully saturated rings. The largest absolute Gasteiger partial charge is 0.478 e. The molecule has 1 atom stereocenters. The lowest BCUT2D eigenvalue weighted by atomic mass is 9.74. The molecule has 0 saturated heterocycles. The van der Waals surface area contributed by atoms with E-state index in [4.69, 9.17) is 0 Å². The first-order chi connectivity index (χ1) is 37.6. The SMILES string of the molecule is CNC(=O)c1ccc(C(=O)O)c(C(=O)Nc2c(C)cc(N=Nc3cc(C)c(NC(=O)c4cccc(C(C)(c5ccc(C(=O)O)c(C(=O)Nc6c(C)cc(N=Nc7cc(C)c(C)c(C)c7)cc6C)c5)C(F)(F)F)c4)c(C)c3)cc2C)c1. The number of amides is 4. The second-order valence-electron chi connectivity index (χ2n) is 19.7. The number of hydrogen-bond acceptors (Lipinski definition) is 10. The van der Waals surface area contributed by atoms with Crippen molar-refractivity contribution >= 4 is 75.4 Å². The zero-order valence-electron chi connectivity index (χ0n) is 45.7. The maximum Gasteiger partial charge on any atom is 0.402 e. The Kier molecular flexibility index (Phi) is 16.8. The lowest BCUT2D eigenvalue weighted by molar-refractivity contribution is -0.173. The predicted octanol–water partition coefficient (Wildman–Crippen LogP) is 14.7. The summed E-state index contributed by atoms with van der Waals surface area (Å²) in [6, 6.07) is 25.3. The van der Waals surface area contributed by atoms with E-state index in [9.17, 15) is 39.0 Å². The van der Waals surface area contributed by atoms with Crippen LogP contribution in [-0.2, 0) is 5.41 Å². The molecule has 0 aromatic heterocycles. The highest BCUT2D eigenvalue weighted by Gasteiger charge is 2.54. The van der Waals surface area contributed by atoms with E-state index < -0.39 is 63.8 Å². The van der Waals surface area contributed by atoms with Gasteiger partial charge in [-0.15, -0.1) is 0 Å². The molecule has 0 spiro atoms. The average molecular weight is 1090 g/mol. The van der Waals surface area contributed by atoms with Crippen LogP contribution in [0.4, 0.5) is 53.0 Å². The summed E-state index contributed by atoms with van der Waals surface area (Å²) in [6.07, 6.45) is -5.03. The normalized spacial score (nSPS) is 12.3. The van der Waals surface area contributed by atoms with Gasteiger partial charge in [-0.05, 0) is 221 Å². The minimum atomic E-state index is -5.03. The van der Waals surface area contributed by atoms with Crippen molar-refractivity contribution in [3.05, 3.63) is 204 Å². The predicted molar refractivity (Wildman–Crippen MR) is 300 cm³/mol. The number of aromatic carboxylic acids is 2. The number of azo groups is 2. The number of alkyl halides is 3. The Labute approximate surface area is 459 Å². The number of aryl methyl sites for hydroxylation is 8. The first kappa shape index (κ1) is 58.0. The molecule has 6 N–H and O–H groups in total. The number of carboxylic acid groups (broad SMARTS) is 2. The maximum absolute atomic E-state index is 15.6. The summed E-state index contributed by atoms with van der Waals surface area (Å²) in [5.74, 6) is -5.81. The molecule has 0 aliphatic carbocycles. The van der Waals surface area contributed by atoms with Crippen LogP contribution in [0, 0.1) is 62.3 Å². The third-order valence-corrected chi connectivity index (χ3v) is 14.1. The monoisotopic (exact) mass is 1090 g/mol. The van der Waals surface area contributed by atoms with Crippen molar-refractivity contribution in [3.8, 4) is 0 Å². The average Bonchev–Trinajstić information content (AvgIpc) is 3.40. The van der Waals surface area contributed by atoms with Crippen molar-refractivity contribution in [1.29, 1.82) is 0 Å². The van der Waals surface area contributed by atoms with Gasteiger partial charge in [0, 0.05) is 35.2 Å². The van der Waals surface area contributed by atoms with E-state index >= 15 is 13.2 Å². The van der Waals surface area contributed by atoms with Gasteiger partial charge in [0.15, 0.2) is 0 Å². The Balaban J connectivity index is 1.10. The molecule has 7 aromatic rings. The molecular formula is C61H57F3N8O8. The zero-order valence-corrected chi connectivity index (χ0v) is 45.7. The molecule has 7 aromatic carbocycles. The third-order valence-electron chi connectivity index (χ3n) is 14.1. The molecule has 0 radical (unpaired) electrons. The highest BCUT2D eigenvalue weighted by atomic mass is 19.4. The molecule has 0 saturated carbocycles. The van der Waals surface area contributed by atoms with Crippen LogP contribution in [0.1, 0.15) is 130 Å². The molecule has 19 heteroatoms. The van der Waals surface area contributed by atoms with Gasteiger partial charge in [0.1, 0.15) is 5.41 Å². The van der Waals surface area contributed by atoms with Crippen LogP contribution in [0.5, 0.6) is 0 Å². The van der Waals surface area contributed by atoms with Crippen molar-refractivity contribution < 1.29 is 52.2 Å². The number of anilines is 3. The molecule has 0 bridgehead atoms. The number of nitrogens with zero attached hydrogens (tertiary/aromatic N) is 4. The Morgan fingerprint density at radius 1 is 0.412 bits per heavy atom. The van der Waals surface area contributed by atoms with Crippen LogP contribution in [-0.4, -0.2) is 59.0 Å². The molecule has 7 rings (SSSR count). The van der Waals surface area contributed by atoms with Gasteiger partial charge in [-0.2, -0.15) is 33.6 Å². The van der Waals surface area contributed by atoms with E-state index in [1.807, 2.05) is 32.9 Å². The van der Waals surface area contributed by atoms with Crippen molar-refractivity contribution in [2.75, 3.05) is 23.0 Å². The lowest BCUT2D eigenvalue weighted by Crippen LogP contribution is -2.41. The van der Waals surface area contributed by atoms with Crippen molar-refractivity contribution in [1.82, 2.24) is 5.32 Å². The van der Waals surface area contributed by atoms with Crippen molar-refractivity contribution in [2.24, 2.45) is 20.5 Å². The molecular weight excluding hydrogens is 1030 g/mol. The number of benzene rings is 7. The van der Waals surface area contributed by atoms with Gasteiger partial charge in [-0.3, -0.25) is 19.2 Å². The topological polar surface area (TPSA) is 240 Å². The number of halogens is 3. The van der Waals surface area contributed by atoms with E-state index in [1.54, 1.807) is 77.9 Å². The minimum Gasteiger partial charge on any atom is -0.478 e. The number of rotatable bonds is 15. The Morgan fingerprint density at radius 2 is 0.762 bits per heavy atom. The number of hydrogen-bond donors (Lipinski definition) is 6. The highest BCUT2D eigenvalue weighted by Crippen LogP contribution is 2.47. The first-order valence-electron chi connectivity index (χ1n) is 24.9. The molecule has 0 aliphatic heterocycles. The molecule has 80 heavy (non-hydrogen) atoms. The lowest BCUT2D eigenvalue weighted by Gasteiger charge is -2.34. The zero-order chi connectivity index (χ0) is 58.7. The van der Waals surface area contributed by atoms with Crippen LogP contribution < -0.4 is 21.3 Å². The second kappa shape index (κ2) is 23.1. The Bertz CT molecular complexity index is 3700. The maximum atomic E-state index is 15.6.